The van der Waals surface area contributed by atoms with Crippen molar-refractivity contribution in [2.75, 3.05) is 14.2 Å². The first-order valence-corrected chi connectivity index (χ1v) is 14.4. The van der Waals surface area contributed by atoms with Gasteiger partial charge in [0.15, 0.2) is 17.7 Å². The number of carbonyl (C=O) groups excluding carboxylic acids is 5. The van der Waals surface area contributed by atoms with Gasteiger partial charge in [0.05, 0.1) is 32.6 Å². The van der Waals surface area contributed by atoms with E-state index in [0.29, 0.717) is 0 Å². The Kier molecular flexibility index (Phi) is 7.04. The summed E-state index contributed by atoms with van der Waals surface area (Å²) in [7, 11) is 2.13. The zero-order valence-corrected chi connectivity index (χ0v) is 25.1. The Balaban J connectivity index is 1.47. The van der Waals surface area contributed by atoms with E-state index in [1.165, 1.54) is 31.2 Å². The number of ether oxygens (including phenoxy) is 5. The molecule has 0 spiro atoms. The number of ketones is 2. The maximum Gasteiger partial charge on any atom is 0.358 e. The largest absolute Gasteiger partial charge is 0.506 e. The lowest BCUT2D eigenvalue weighted by Crippen LogP contribution is -2.64. The van der Waals surface area contributed by atoms with Gasteiger partial charge in [0.25, 0.3) is 5.60 Å². The van der Waals surface area contributed by atoms with Crippen LogP contribution in [0.5, 0.6) is 23.0 Å². The maximum absolute atomic E-state index is 13.6. The van der Waals surface area contributed by atoms with Crippen molar-refractivity contribution in [2.24, 2.45) is 11.8 Å². The Morgan fingerprint density at radius 3 is 1.96 bits per heavy atom. The van der Waals surface area contributed by atoms with E-state index < -0.39 is 99.5 Å². The summed E-state index contributed by atoms with van der Waals surface area (Å²) in [4.78, 5) is 64.8. The summed E-state index contributed by atoms with van der Waals surface area (Å²) < 4.78 is 27.1. The monoisotopic (exact) mass is 638 g/mol. The van der Waals surface area contributed by atoms with Gasteiger partial charge in [0.2, 0.25) is 5.60 Å². The average molecular weight is 639 g/mol. The lowest BCUT2D eigenvalue weighted by atomic mass is 9.69. The van der Waals surface area contributed by atoms with Crippen molar-refractivity contribution < 1.29 is 68.1 Å². The number of rotatable bonds is 4. The number of aliphatic hydroxyl groups excluding tert-OH is 2. The summed E-state index contributed by atoms with van der Waals surface area (Å²) in [5.74, 6) is -7.99. The number of hydrogen-bond donors (Lipinski definition) is 4. The van der Waals surface area contributed by atoms with Crippen molar-refractivity contribution in [1.82, 2.24) is 0 Å². The molecule has 4 N–H and O–H groups in total. The van der Waals surface area contributed by atoms with E-state index in [9.17, 15) is 44.4 Å². The Morgan fingerprint density at radius 1 is 0.804 bits per heavy atom. The summed E-state index contributed by atoms with van der Waals surface area (Å²) in [5, 5.41) is 45.1. The van der Waals surface area contributed by atoms with E-state index in [0.717, 1.165) is 14.2 Å². The van der Waals surface area contributed by atoms with E-state index in [1.54, 1.807) is 6.92 Å². The summed E-state index contributed by atoms with van der Waals surface area (Å²) in [6.45, 7) is 3.19. The second-order valence-electron chi connectivity index (χ2n) is 11.9. The second kappa shape index (κ2) is 10.5. The van der Waals surface area contributed by atoms with Gasteiger partial charge in [0.1, 0.15) is 46.0 Å². The molecule has 46 heavy (non-hydrogen) atoms. The fourth-order valence-corrected chi connectivity index (χ4v) is 7.00. The standard InChI is InChI=1S/C32H30O14/c1-12-9-16(33)23-26(38)22-19(46-32(23,27(12)39)30(41)43-4)8-6-15(25(22)37)14-5-7-18-21(24(14)36)17(34)11-31(45-18,29(40)42-3)28-13(2)10-20(35)44-28/h5-8,12-13,27-28,36-39H,9-11H2,1-4H3/t12-,13-,27-,28-,31+,32+/m0/s1. The molecular weight excluding hydrogens is 608 g/mol. The third kappa shape index (κ3) is 4.02. The first kappa shape index (κ1) is 30.9. The predicted molar refractivity (Wildman–Crippen MR) is 153 cm³/mol. The Bertz CT molecular complexity index is 1770. The van der Waals surface area contributed by atoms with Crippen LogP contribution in [-0.4, -0.2) is 87.5 Å². The van der Waals surface area contributed by atoms with Gasteiger partial charge in [-0.3, -0.25) is 14.4 Å². The average Bonchev–Trinajstić information content (AvgIpc) is 3.36. The van der Waals surface area contributed by atoms with Crippen LogP contribution in [0.15, 0.2) is 29.8 Å². The van der Waals surface area contributed by atoms with Gasteiger partial charge in [-0.2, -0.15) is 0 Å². The molecule has 1 saturated carbocycles. The highest BCUT2D eigenvalue weighted by Crippen LogP contribution is 2.54. The highest BCUT2D eigenvalue weighted by Gasteiger charge is 2.63. The van der Waals surface area contributed by atoms with Crippen LogP contribution < -0.4 is 9.47 Å². The van der Waals surface area contributed by atoms with E-state index in [2.05, 4.69) is 0 Å². The smallest absolute Gasteiger partial charge is 0.358 e. The van der Waals surface area contributed by atoms with Crippen LogP contribution in [0.4, 0.5) is 0 Å². The highest BCUT2D eigenvalue weighted by atomic mass is 16.6. The molecule has 0 aromatic heterocycles. The first-order chi connectivity index (χ1) is 21.7. The number of aromatic hydroxyl groups is 2. The van der Waals surface area contributed by atoms with Crippen LogP contribution in [0.2, 0.25) is 0 Å². The molecule has 0 bridgehead atoms. The van der Waals surface area contributed by atoms with E-state index >= 15 is 0 Å². The number of cyclic esters (lactones) is 1. The lowest BCUT2D eigenvalue weighted by Gasteiger charge is -2.45. The molecule has 0 radical (unpaired) electrons. The topological polar surface area (TPSA) is 212 Å². The zero-order chi connectivity index (χ0) is 33.5. The number of Topliss-reactive ketones (excluding diaryl/α,β-unsaturated/α-hetero) is 2. The molecule has 6 atom stereocenters. The second-order valence-corrected chi connectivity index (χ2v) is 11.9. The van der Waals surface area contributed by atoms with E-state index in [-0.39, 0.29) is 41.0 Å². The zero-order valence-electron chi connectivity index (χ0n) is 25.1. The van der Waals surface area contributed by atoms with Crippen molar-refractivity contribution in [3.05, 3.63) is 41.0 Å². The highest BCUT2D eigenvalue weighted by molar-refractivity contribution is 6.13. The van der Waals surface area contributed by atoms with Crippen LogP contribution in [0.3, 0.4) is 0 Å². The molecule has 2 fully saturated rings. The number of hydrogen-bond acceptors (Lipinski definition) is 14. The summed E-state index contributed by atoms with van der Waals surface area (Å²) >= 11 is 0. The number of benzene rings is 2. The van der Waals surface area contributed by atoms with Gasteiger partial charge in [-0.05, 0) is 30.2 Å². The molecule has 1 saturated heterocycles. The number of phenols is 2. The minimum Gasteiger partial charge on any atom is -0.506 e. The van der Waals surface area contributed by atoms with Gasteiger partial charge in [0, 0.05) is 23.5 Å². The molecule has 4 aliphatic rings. The van der Waals surface area contributed by atoms with Gasteiger partial charge < -0.3 is 44.1 Å². The number of methoxy groups -OCH3 is 2. The van der Waals surface area contributed by atoms with Crippen LogP contribution in [-0.2, 0) is 33.4 Å². The third-order valence-electron chi connectivity index (χ3n) is 9.16. The molecule has 3 heterocycles. The van der Waals surface area contributed by atoms with E-state index in [4.69, 9.17) is 23.7 Å². The normalized spacial score (nSPS) is 29.9. The van der Waals surface area contributed by atoms with Gasteiger partial charge in [-0.15, -0.1) is 0 Å². The Hall–Kier alpha value is -5.11. The van der Waals surface area contributed by atoms with Gasteiger partial charge in [-0.1, -0.05) is 13.8 Å². The van der Waals surface area contributed by atoms with Crippen LogP contribution >= 0.6 is 0 Å². The number of phenolic OH excluding ortho intramolecular Hbond substituents is 2. The Labute approximate surface area is 261 Å². The molecule has 6 rings (SSSR count). The molecule has 1 aliphatic carbocycles. The number of esters is 3. The summed E-state index contributed by atoms with van der Waals surface area (Å²) in [5.41, 5.74) is -5.95. The molecule has 0 unspecified atom stereocenters. The van der Waals surface area contributed by atoms with Gasteiger partial charge >= 0.3 is 17.9 Å². The minimum atomic E-state index is -2.40. The van der Waals surface area contributed by atoms with Crippen LogP contribution in [0.25, 0.3) is 16.9 Å². The minimum absolute atomic E-state index is 0.00728. The fourth-order valence-electron chi connectivity index (χ4n) is 7.00. The first-order valence-electron chi connectivity index (χ1n) is 14.4. The molecule has 0 amide bonds. The van der Waals surface area contributed by atoms with Crippen molar-refractivity contribution >= 4 is 35.2 Å². The quantitative estimate of drug-likeness (QED) is 0.279. The molecule has 14 heteroatoms. The molecule has 14 nitrogen and oxygen atoms in total. The third-order valence-corrected chi connectivity index (χ3v) is 9.16. The van der Waals surface area contributed by atoms with E-state index in [1.807, 2.05) is 0 Å². The summed E-state index contributed by atoms with van der Waals surface area (Å²) in [6.07, 6.45) is -3.62. The van der Waals surface area contributed by atoms with Gasteiger partial charge in [-0.25, -0.2) is 9.59 Å². The summed E-state index contributed by atoms with van der Waals surface area (Å²) in [6, 6.07) is 5.07. The predicted octanol–water partition coefficient (Wildman–Crippen LogP) is 2.14. The Morgan fingerprint density at radius 2 is 1.39 bits per heavy atom. The molecule has 2 aromatic carbocycles. The lowest BCUT2D eigenvalue weighted by molar-refractivity contribution is -0.177. The molecular formula is C32H30O14. The molecule has 242 valence electrons. The van der Waals surface area contributed by atoms with Crippen molar-refractivity contribution in [3.63, 3.8) is 0 Å². The van der Waals surface area contributed by atoms with Crippen LogP contribution in [0, 0.1) is 11.8 Å². The maximum atomic E-state index is 13.6. The number of carbonyl (C=O) groups is 5. The van der Waals surface area contributed by atoms with Crippen LogP contribution in [0.1, 0.15) is 49.0 Å². The fraction of sp³-hybridized carbons (Fsp3) is 0.406. The SMILES string of the molecule is COC(=O)[C@@]12Oc3ccc(-c4ccc5c(c4O)C(=O)C[C@](C(=O)OC)([C@H]4OC(=O)C[C@@H]4C)O5)c(O)c3C(O)=C1C(=O)C[C@H](C)[C@@H]2O. The molecule has 3 aliphatic heterocycles. The van der Waals surface area contributed by atoms with Crippen molar-refractivity contribution in [1.29, 1.82) is 0 Å². The van der Waals surface area contributed by atoms with Crippen molar-refractivity contribution in [3.8, 4) is 34.1 Å². The van der Waals surface area contributed by atoms with Crippen molar-refractivity contribution in [2.45, 2.75) is 56.5 Å². The number of fused-ring (bicyclic) bond motifs is 3. The molecule has 2 aromatic rings. The number of aliphatic hydroxyl groups is 2.